The van der Waals surface area contributed by atoms with Crippen molar-refractivity contribution in [3.8, 4) is 0 Å². The van der Waals surface area contributed by atoms with Gasteiger partial charge in [0.2, 0.25) is 0 Å². The van der Waals surface area contributed by atoms with Crippen molar-refractivity contribution in [3.05, 3.63) is 58.0 Å². The lowest BCUT2D eigenvalue weighted by Crippen LogP contribution is -2.16. The van der Waals surface area contributed by atoms with Crippen LogP contribution in [0.15, 0.2) is 34.7 Å². The molecule has 2 aromatic rings. The van der Waals surface area contributed by atoms with Crippen LogP contribution in [0, 0.1) is 6.92 Å². The zero-order valence-electron chi connectivity index (χ0n) is 12.9. The third-order valence-corrected chi connectivity index (χ3v) is 3.64. The Bertz CT molecular complexity index is 580. The molecule has 0 aliphatic heterocycles. The van der Waals surface area contributed by atoms with Gasteiger partial charge in [-0.2, -0.15) is 0 Å². The maximum Gasteiger partial charge on any atom is 0.118 e. The standard InChI is InChI=1S/C17H23ClN2O/c1-4-19-10-15-9-17(21-13(15)2)12-20(3)11-14-6-5-7-16(18)8-14/h5-9,19H,4,10-12H2,1-3H3. The molecule has 0 aliphatic carbocycles. The van der Waals surface area contributed by atoms with Gasteiger partial charge in [0.25, 0.3) is 0 Å². The summed E-state index contributed by atoms with van der Waals surface area (Å²) in [4.78, 5) is 2.22. The Morgan fingerprint density at radius 3 is 2.76 bits per heavy atom. The lowest BCUT2D eigenvalue weighted by molar-refractivity contribution is 0.285. The maximum atomic E-state index is 6.02. The van der Waals surface area contributed by atoms with Crippen LogP contribution in [0.25, 0.3) is 0 Å². The monoisotopic (exact) mass is 306 g/mol. The van der Waals surface area contributed by atoms with Gasteiger partial charge >= 0.3 is 0 Å². The number of benzene rings is 1. The van der Waals surface area contributed by atoms with Crippen LogP contribution in [-0.2, 0) is 19.6 Å². The normalized spacial score (nSPS) is 11.3. The van der Waals surface area contributed by atoms with Crippen molar-refractivity contribution in [1.29, 1.82) is 0 Å². The van der Waals surface area contributed by atoms with E-state index in [-0.39, 0.29) is 0 Å². The topological polar surface area (TPSA) is 28.4 Å². The van der Waals surface area contributed by atoms with E-state index in [2.05, 4.69) is 36.3 Å². The highest BCUT2D eigenvalue weighted by molar-refractivity contribution is 6.30. The molecule has 0 saturated heterocycles. The van der Waals surface area contributed by atoms with E-state index in [1.165, 1.54) is 11.1 Å². The summed E-state index contributed by atoms with van der Waals surface area (Å²) < 4.78 is 5.84. The first-order valence-corrected chi connectivity index (χ1v) is 7.68. The van der Waals surface area contributed by atoms with E-state index < -0.39 is 0 Å². The van der Waals surface area contributed by atoms with Crippen LogP contribution >= 0.6 is 11.6 Å². The van der Waals surface area contributed by atoms with Crippen LogP contribution in [0.1, 0.15) is 29.6 Å². The van der Waals surface area contributed by atoms with Crippen molar-refractivity contribution in [2.24, 2.45) is 0 Å². The molecule has 0 bridgehead atoms. The molecule has 1 aromatic carbocycles. The van der Waals surface area contributed by atoms with Crippen LogP contribution in [0.2, 0.25) is 5.02 Å². The molecule has 0 fully saturated rings. The minimum atomic E-state index is 0.780. The van der Waals surface area contributed by atoms with Crippen molar-refractivity contribution in [1.82, 2.24) is 10.2 Å². The maximum absolute atomic E-state index is 6.02. The summed E-state index contributed by atoms with van der Waals surface area (Å²) in [7, 11) is 2.09. The lowest BCUT2D eigenvalue weighted by atomic mass is 10.2. The van der Waals surface area contributed by atoms with Crippen molar-refractivity contribution in [3.63, 3.8) is 0 Å². The van der Waals surface area contributed by atoms with Crippen molar-refractivity contribution in [2.45, 2.75) is 33.5 Å². The fourth-order valence-corrected chi connectivity index (χ4v) is 2.58. The highest BCUT2D eigenvalue weighted by Gasteiger charge is 2.09. The number of hydrogen-bond acceptors (Lipinski definition) is 3. The van der Waals surface area contributed by atoms with E-state index >= 15 is 0 Å². The molecule has 114 valence electrons. The van der Waals surface area contributed by atoms with Crippen LogP contribution in [0.3, 0.4) is 0 Å². The van der Waals surface area contributed by atoms with Crippen molar-refractivity contribution < 1.29 is 4.42 Å². The van der Waals surface area contributed by atoms with Gasteiger partial charge in [0, 0.05) is 23.7 Å². The minimum absolute atomic E-state index is 0.780. The third-order valence-electron chi connectivity index (χ3n) is 3.40. The van der Waals surface area contributed by atoms with Crippen LogP contribution in [0.5, 0.6) is 0 Å². The quantitative estimate of drug-likeness (QED) is 0.838. The zero-order chi connectivity index (χ0) is 15.2. The number of rotatable bonds is 7. The predicted octanol–water partition coefficient (Wildman–Crippen LogP) is 3.98. The summed E-state index contributed by atoms with van der Waals surface area (Å²) in [5.74, 6) is 2.01. The summed E-state index contributed by atoms with van der Waals surface area (Å²) in [6, 6.07) is 10.1. The summed E-state index contributed by atoms with van der Waals surface area (Å²) in [5, 5.41) is 4.11. The van der Waals surface area contributed by atoms with E-state index in [4.69, 9.17) is 16.0 Å². The Morgan fingerprint density at radius 2 is 2.05 bits per heavy atom. The summed E-state index contributed by atoms with van der Waals surface area (Å²) in [5.41, 5.74) is 2.45. The molecule has 0 saturated carbocycles. The van der Waals surface area contributed by atoms with Gasteiger partial charge in [-0.3, -0.25) is 4.90 Å². The minimum Gasteiger partial charge on any atom is -0.465 e. The van der Waals surface area contributed by atoms with Gasteiger partial charge < -0.3 is 9.73 Å². The molecule has 1 N–H and O–H groups in total. The van der Waals surface area contributed by atoms with Gasteiger partial charge in [-0.05, 0) is 44.3 Å². The van der Waals surface area contributed by atoms with Gasteiger partial charge in [-0.15, -0.1) is 0 Å². The molecule has 3 nitrogen and oxygen atoms in total. The second-order valence-corrected chi connectivity index (χ2v) is 5.81. The number of aryl methyl sites for hydroxylation is 1. The molecule has 4 heteroatoms. The molecule has 0 aliphatic rings. The molecular weight excluding hydrogens is 284 g/mol. The van der Waals surface area contributed by atoms with Gasteiger partial charge in [0.1, 0.15) is 11.5 Å². The van der Waals surface area contributed by atoms with E-state index in [0.29, 0.717) is 0 Å². The Balaban J connectivity index is 1.94. The SMILES string of the molecule is CCNCc1cc(CN(C)Cc2cccc(Cl)c2)oc1C. The first-order valence-electron chi connectivity index (χ1n) is 7.30. The molecule has 1 heterocycles. The van der Waals surface area contributed by atoms with Gasteiger partial charge in [-0.25, -0.2) is 0 Å². The summed E-state index contributed by atoms with van der Waals surface area (Å²) in [6.45, 7) is 7.60. The first-order chi connectivity index (χ1) is 10.1. The average molecular weight is 307 g/mol. The molecule has 0 radical (unpaired) electrons. The lowest BCUT2D eigenvalue weighted by Gasteiger charge is -2.15. The van der Waals surface area contributed by atoms with Gasteiger partial charge in [0.05, 0.1) is 6.54 Å². The highest BCUT2D eigenvalue weighted by atomic mass is 35.5. The smallest absolute Gasteiger partial charge is 0.118 e. The molecular formula is C17H23ClN2O. The predicted molar refractivity (Wildman–Crippen MR) is 87.4 cm³/mol. The van der Waals surface area contributed by atoms with Crippen LogP contribution in [-0.4, -0.2) is 18.5 Å². The summed E-state index contributed by atoms with van der Waals surface area (Å²) >= 11 is 6.02. The van der Waals surface area contributed by atoms with E-state index in [0.717, 1.165) is 42.7 Å². The Hall–Kier alpha value is -1.29. The molecule has 2 rings (SSSR count). The Labute approximate surface area is 131 Å². The van der Waals surface area contributed by atoms with Crippen molar-refractivity contribution in [2.75, 3.05) is 13.6 Å². The number of nitrogens with one attached hydrogen (secondary N) is 1. The Morgan fingerprint density at radius 1 is 1.24 bits per heavy atom. The van der Waals surface area contributed by atoms with Crippen LogP contribution < -0.4 is 5.32 Å². The number of nitrogens with zero attached hydrogens (tertiary/aromatic N) is 1. The Kier molecular flexibility index (Phi) is 5.85. The molecule has 0 amide bonds. The summed E-state index contributed by atoms with van der Waals surface area (Å²) in [6.07, 6.45) is 0. The average Bonchev–Trinajstić information content (AvgIpc) is 2.76. The number of halogens is 1. The largest absolute Gasteiger partial charge is 0.465 e. The van der Waals surface area contributed by atoms with Crippen molar-refractivity contribution >= 4 is 11.6 Å². The van der Waals surface area contributed by atoms with E-state index in [1.54, 1.807) is 0 Å². The van der Waals surface area contributed by atoms with Crippen LogP contribution in [0.4, 0.5) is 0 Å². The number of hydrogen-bond donors (Lipinski definition) is 1. The second-order valence-electron chi connectivity index (χ2n) is 5.38. The molecule has 0 unspecified atom stereocenters. The molecule has 1 aromatic heterocycles. The second kappa shape index (κ2) is 7.64. The third kappa shape index (κ3) is 4.88. The van der Waals surface area contributed by atoms with E-state index in [9.17, 15) is 0 Å². The molecule has 0 atom stereocenters. The fraction of sp³-hybridized carbons (Fsp3) is 0.412. The zero-order valence-corrected chi connectivity index (χ0v) is 13.7. The fourth-order valence-electron chi connectivity index (χ4n) is 2.37. The van der Waals surface area contributed by atoms with E-state index in [1.807, 2.05) is 25.1 Å². The molecule has 21 heavy (non-hydrogen) atoms. The van der Waals surface area contributed by atoms with Gasteiger partial charge in [-0.1, -0.05) is 30.7 Å². The van der Waals surface area contributed by atoms with Gasteiger partial charge in [0.15, 0.2) is 0 Å². The number of furan rings is 1. The first kappa shape index (κ1) is 16.1. The molecule has 0 spiro atoms. The highest BCUT2D eigenvalue weighted by Crippen LogP contribution is 2.17.